The van der Waals surface area contributed by atoms with Gasteiger partial charge < -0.3 is 10.1 Å². The minimum absolute atomic E-state index is 0.415. The first-order valence-corrected chi connectivity index (χ1v) is 5.68. The maximum atomic E-state index is 11.2. The standard InChI is InChI=1S/C13H14N2O2/c1-15-7-11-9(6-12(15)13(16)17)8-4-2-3-5-10(8)14-11/h2-5,12,14H,6-7H2,1H3,(H,16,17). The Morgan fingerprint density at radius 1 is 1.47 bits per heavy atom. The average molecular weight is 230 g/mol. The highest BCUT2D eigenvalue weighted by atomic mass is 16.4. The third-order valence-electron chi connectivity index (χ3n) is 3.52. The molecule has 0 fully saturated rings. The Kier molecular flexibility index (Phi) is 2.19. The van der Waals surface area contributed by atoms with E-state index in [-0.39, 0.29) is 0 Å². The molecule has 1 unspecified atom stereocenters. The summed E-state index contributed by atoms with van der Waals surface area (Å²) in [5, 5.41) is 10.3. The van der Waals surface area contributed by atoms with Crippen molar-refractivity contribution in [2.75, 3.05) is 7.05 Å². The van der Waals surface area contributed by atoms with Gasteiger partial charge in [-0.3, -0.25) is 9.69 Å². The second kappa shape index (κ2) is 3.60. The number of para-hydroxylation sites is 1. The molecule has 0 saturated carbocycles. The lowest BCUT2D eigenvalue weighted by Crippen LogP contribution is -2.42. The molecule has 88 valence electrons. The Balaban J connectivity index is 2.13. The molecule has 0 radical (unpaired) electrons. The van der Waals surface area contributed by atoms with Crippen LogP contribution in [0.3, 0.4) is 0 Å². The molecule has 0 saturated heterocycles. The maximum Gasteiger partial charge on any atom is 0.321 e. The molecule has 1 aromatic carbocycles. The van der Waals surface area contributed by atoms with Gasteiger partial charge in [-0.1, -0.05) is 18.2 Å². The monoisotopic (exact) mass is 230 g/mol. The number of H-pyrrole nitrogens is 1. The molecule has 0 amide bonds. The van der Waals surface area contributed by atoms with E-state index in [9.17, 15) is 9.90 Å². The topological polar surface area (TPSA) is 56.3 Å². The number of nitrogens with zero attached hydrogens (tertiary/aromatic N) is 1. The molecule has 2 N–H and O–H groups in total. The highest BCUT2D eigenvalue weighted by Gasteiger charge is 2.30. The number of fused-ring (bicyclic) bond motifs is 3. The van der Waals surface area contributed by atoms with Gasteiger partial charge in [0.05, 0.1) is 0 Å². The number of likely N-dealkylation sites (N-methyl/N-ethyl adjacent to an activating group) is 1. The first-order valence-electron chi connectivity index (χ1n) is 5.68. The largest absolute Gasteiger partial charge is 0.480 e. The normalized spacial score (nSPS) is 20.4. The van der Waals surface area contributed by atoms with Gasteiger partial charge in [-0.25, -0.2) is 0 Å². The fraction of sp³-hybridized carbons (Fsp3) is 0.308. The van der Waals surface area contributed by atoms with E-state index in [1.165, 1.54) is 0 Å². The molecular weight excluding hydrogens is 216 g/mol. The molecule has 17 heavy (non-hydrogen) atoms. The third-order valence-corrected chi connectivity index (χ3v) is 3.52. The van der Waals surface area contributed by atoms with Gasteiger partial charge in [0.1, 0.15) is 6.04 Å². The highest BCUT2D eigenvalue weighted by Crippen LogP contribution is 2.29. The van der Waals surface area contributed by atoms with Gasteiger partial charge in [-0.2, -0.15) is 0 Å². The molecule has 0 spiro atoms. The van der Waals surface area contributed by atoms with Gasteiger partial charge in [-0.15, -0.1) is 0 Å². The fourth-order valence-electron chi connectivity index (χ4n) is 2.61. The molecular formula is C13H14N2O2. The SMILES string of the molecule is CN1Cc2[nH]c3ccccc3c2CC1C(=O)O. The van der Waals surface area contributed by atoms with Crippen LogP contribution in [-0.4, -0.2) is 34.0 Å². The van der Waals surface area contributed by atoms with Crippen LogP contribution in [0.5, 0.6) is 0 Å². The van der Waals surface area contributed by atoms with Crippen molar-refractivity contribution in [2.45, 2.75) is 19.0 Å². The van der Waals surface area contributed by atoms with E-state index >= 15 is 0 Å². The first kappa shape index (κ1) is 10.4. The van der Waals surface area contributed by atoms with Crippen LogP contribution in [0.1, 0.15) is 11.3 Å². The molecule has 1 atom stereocenters. The summed E-state index contributed by atoms with van der Waals surface area (Å²) in [7, 11) is 1.85. The average Bonchev–Trinajstić information content (AvgIpc) is 2.64. The number of hydrogen-bond acceptors (Lipinski definition) is 2. The van der Waals surface area contributed by atoms with E-state index in [0.717, 1.165) is 22.2 Å². The van der Waals surface area contributed by atoms with Gasteiger partial charge in [-0.05, 0) is 18.7 Å². The minimum atomic E-state index is -0.747. The molecule has 2 heterocycles. The number of rotatable bonds is 1. The molecule has 4 nitrogen and oxygen atoms in total. The predicted molar refractivity (Wildman–Crippen MR) is 64.9 cm³/mol. The first-order chi connectivity index (χ1) is 8.16. The van der Waals surface area contributed by atoms with Crippen molar-refractivity contribution in [2.24, 2.45) is 0 Å². The van der Waals surface area contributed by atoms with Crippen LogP contribution in [0, 0.1) is 0 Å². The number of carboxylic acid groups (broad SMARTS) is 1. The number of nitrogens with one attached hydrogen (secondary N) is 1. The van der Waals surface area contributed by atoms with Crippen molar-refractivity contribution < 1.29 is 9.90 Å². The van der Waals surface area contributed by atoms with E-state index < -0.39 is 12.0 Å². The third kappa shape index (κ3) is 1.52. The van der Waals surface area contributed by atoms with Gasteiger partial charge in [0.2, 0.25) is 0 Å². The summed E-state index contributed by atoms with van der Waals surface area (Å²) in [6.07, 6.45) is 0.575. The van der Waals surface area contributed by atoms with Crippen LogP contribution >= 0.6 is 0 Å². The van der Waals surface area contributed by atoms with Crippen LogP contribution in [-0.2, 0) is 17.8 Å². The second-order valence-corrected chi connectivity index (χ2v) is 4.60. The lowest BCUT2D eigenvalue weighted by molar-refractivity contribution is -0.143. The Labute approximate surface area is 98.9 Å². The van der Waals surface area contributed by atoms with Gasteiger partial charge in [0.25, 0.3) is 0 Å². The zero-order valence-corrected chi connectivity index (χ0v) is 9.60. The number of aromatic amines is 1. The zero-order valence-electron chi connectivity index (χ0n) is 9.60. The van der Waals surface area contributed by atoms with Gasteiger partial charge in [0.15, 0.2) is 0 Å². The van der Waals surface area contributed by atoms with Crippen LogP contribution in [0.25, 0.3) is 10.9 Å². The zero-order chi connectivity index (χ0) is 12.0. The summed E-state index contributed by atoms with van der Waals surface area (Å²) < 4.78 is 0. The second-order valence-electron chi connectivity index (χ2n) is 4.60. The summed E-state index contributed by atoms with van der Waals surface area (Å²) in [4.78, 5) is 16.4. The summed E-state index contributed by atoms with van der Waals surface area (Å²) in [6, 6.07) is 7.65. The molecule has 1 aliphatic heterocycles. The Morgan fingerprint density at radius 3 is 3.00 bits per heavy atom. The molecule has 1 aromatic heterocycles. The van der Waals surface area contributed by atoms with Crippen molar-refractivity contribution in [1.82, 2.24) is 9.88 Å². The minimum Gasteiger partial charge on any atom is -0.480 e. The smallest absolute Gasteiger partial charge is 0.321 e. The predicted octanol–water partition coefficient (Wildman–Crippen LogP) is 1.61. The number of aromatic nitrogens is 1. The Morgan fingerprint density at radius 2 is 2.24 bits per heavy atom. The van der Waals surface area contributed by atoms with Crippen molar-refractivity contribution in [3.63, 3.8) is 0 Å². The van der Waals surface area contributed by atoms with E-state index in [0.29, 0.717) is 13.0 Å². The number of aliphatic carboxylic acids is 1. The molecule has 2 aromatic rings. The fourth-order valence-corrected chi connectivity index (χ4v) is 2.61. The Hall–Kier alpha value is -1.81. The number of benzene rings is 1. The molecule has 4 heteroatoms. The summed E-state index contributed by atoms with van der Waals surface area (Å²) >= 11 is 0. The van der Waals surface area contributed by atoms with Crippen molar-refractivity contribution in [1.29, 1.82) is 0 Å². The van der Waals surface area contributed by atoms with Crippen LogP contribution < -0.4 is 0 Å². The Bertz CT molecular complexity index is 588. The maximum absolute atomic E-state index is 11.2. The summed E-state index contributed by atoms with van der Waals surface area (Å²) in [5.74, 6) is -0.747. The van der Waals surface area contributed by atoms with E-state index in [2.05, 4.69) is 11.1 Å². The molecule has 0 bridgehead atoms. The van der Waals surface area contributed by atoms with Gasteiger partial charge in [0, 0.05) is 29.6 Å². The van der Waals surface area contributed by atoms with E-state index in [1.54, 1.807) is 0 Å². The van der Waals surface area contributed by atoms with Crippen LogP contribution in [0.4, 0.5) is 0 Å². The molecule has 1 aliphatic rings. The van der Waals surface area contributed by atoms with E-state index in [4.69, 9.17) is 0 Å². The highest BCUT2D eigenvalue weighted by molar-refractivity contribution is 5.86. The molecule has 3 rings (SSSR count). The lowest BCUT2D eigenvalue weighted by atomic mass is 9.97. The summed E-state index contributed by atoms with van der Waals surface area (Å²) in [6.45, 7) is 0.668. The molecule has 0 aliphatic carbocycles. The van der Waals surface area contributed by atoms with E-state index in [1.807, 2.05) is 30.1 Å². The van der Waals surface area contributed by atoms with Crippen molar-refractivity contribution in [3.8, 4) is 0 Å². The number of carbonyl (C=O) groups is 1. The number of carboxylic acids is 1. The van der Waals surface area contributed by atoms with Crippen LogP contribution in [0.2, 0.25) is 0 Å². The lowest BCUT2D eigenvalue weighted by Gasteiger charge is -2.29. The quantitative estimate of drug-likeness (QED) is 0.782. The van der Waals surface area contributed by atoms with Gasteiger partial charge >= 0.3 is 5.97 Å². The van der Waals surface area contributed by atoms with Crippen molar-refractivity contribution >= 4 is 16.9 Å². The van der Waals surface area contributed by atoms with Crippen LogP contribution in [0.15, 0.2) is 24.3 Å². The summed E-state index contributed by atoms with van der Waals surface area (Å²) in [5.41, 5.74) is 3.40. The van der Waals surface area contributed by atoms with Crippen molar-refractivity contribution in [3.05, 3.63) is 35.5 Å². The number of hydrogen-bond donors (Lipinski definition) is 2.